The van der Waals surface area contributed by atoms with Gasteiger partial charge in [0.1, 0.15) is 0 Å². The highest BCUT2D eigenvalue weighted by molar-refractivity contribution is 5.46. The Labute approximate surface area is 110 Å². The summed E-state index contributed by atoms with van der Waals surface area (Å²) >= 11 is 0. The van der Waals surface area contributed by atoms with Crippen molar-refractivity contribution in [3.05, 3.63) is 29.8 Å². The van der Waals surface area contributed by atoms with Crippen molar-refractivity contribution in [3.8, 4) is 0 Å². The monoisotopic (exact) mass is 248 g/mol. The quantitative estimate of drug-likeness (QED) is 0.885. The number of benzene rings is 1. The number of nitrogens with one attached hydrogen (secondary N) is 1. The Bertz CT molecular complexity index is 355. The molecule has 1 aliphatic heterocycles. The maximum absolute atomic E-state index is 5.60. The van der Waals surface area contributed by atoms with E-state index in [0.29, 0.717) is 12.0 Å². The maximum atomic E-state index is 5.60. The van der Waals surface area contributed by atoms with E-state index in [1.807, 2.05) is 7.05 Å². The molecule has 1 aromatic carbocycles. The van der Waals surface area contributed by atoms with Crippen molar-refractivity contribution in [1.29, 1.82) is 0 Å². The highest BCUT2D eigenvalue weighted by Crippen LogP contribution is 2.29. The van der Waals surface area contributed by atoms with Crippen molar-refractivity contribution in [2.75, 3.05) is 39.3 Å². The third-order valence-electron chi connectivity index (χ3n) is 3.75. The van der Waals surface area contributed by atoms with E-state index in [0.717, 1.165) is 13.2 Å². The minimum atomic E-state index is 0.404. The fraction of sp³-hybridized carbons (Fsp3) is 0.600. The van der Waals surface area contributed by atoms with Gasteiger partial charge >= 0.3 is 0 Å². The number of hydrogen-bond donors (Lipinski definition) is 1. The van der Waals surface area contributed by atoms with E-state index in [9.17, 15) is 0 Å². The molecule has 2 atom stereocenters. The molecule has 0 amide bonds. The van der Waals surface area contributed by atoms with Crippen LogP contribution < -0.4 is 10.2 Å². The predicted molar refractivity (Wildman–Crippen MR) is 76.1 cm³/mol. The van der Waals surface area contributed by atoms with Gasteiger partial charge in [0.2, 0.25) is 0 Å². The molecule has 0 radical (unpaired) electrons. The molecule has 0 aliphatic carbocycles. The summed E-state index contributed by atoms with van der Waals surface area (Å²) in [4.78, 5) is 2.13. The molecule has 3 nitrogen and oxygen atoms in total. The van der Waals surface area contributed by atoms with Gasteiger partial charge in [0.25, 0.3) is 0 Å². The highest BCUT2D eigenvalue weighted by Gasteiger charge is 2.24. The lowest BCUT2D eigenvalue weighted by atomic mass is 9.89. The van der Waals surface area contributed by atoms with Gasteiger partial charge in [-0.25, -0.2) is 0 Å². The van der Waals surface area contributed by atoms with E-state index in [1.165, 1.54) is 24.1 Å². The van der Waals surface area contributed by atoms with Crippen LogP contribution >= 0.6 is 0 Å². The lowest BCUT2D eigenvalue weighted by Crippen LogP contribution is -2.31. The van der Waals surface area contributed by atoms with Crippen LogP contribution in [0.15, 0.2) is 24.3 Å². The van der Waals surface area contributed by atoms with Crippen LogP contribution in [0.1, 0.15) is 24.4 Å². The fourth-order valence-electron chi connectivity index (χ4n) is 2.68. The number of ether oxygens (including phenoxy) is 1. The molecular formula is C15H24N2O. The Morgan fingerprint density at radius 3 is 2.50 bits per heavy atom. The van der Waals surface area contributed by atoms with E-state index in [2.05, 4.69) is 48.6 Å². The zero-order valence-electron chi connectivity index (χ0n) is 11.6. The lowest BCUT2D eigenvalue weighted by molar-refractivity contribution is 0.0402. The number of anilines is 1. The van der Waals surface area contributed by atoms with Gasteiger partial charge in [-0.1, -0.05) is 12.1 Å². The Balaban J connectivity index is 2.11. The largest absolute Gasteiger partial charge is 0.381 e. The van der Waals surface area contributed by atoms with Gasteiger partial charge in [0.15, 0.2) is 0 Å². The zero-order chi connectivity index (χ0) is 13.0. The van der Waals surface area contributed by atoms with Crippen LogP contribution in [-0.2, 0) is 4.74 Å². The van der Waals surface area contributed by atoms with Gasteiger partial charge in [-0.15, -0.1) is 0 Å². The van der Waals surface area contributed by atoms with E-state index < -0.39 is 0 Å². The van der Waals surface area contributed by atoms with Crippen LogP contribution in [0.4, 0.5) is 5.69 Å². The van der Waals surface area contributed by atoms with Gasteiger partial charge in [0.05, 0.1) is 6.61 Å². The summed E-state index contributed by atoms with van der Waals surface area (Å²) < 4.78 is 5.60. The van der Waals surface area contributed by atoms with Gasteiger partial charge in [-0.3, -0.25) is 0 Å². The molecule has 1 fully saturated rings. The zero-order valence-corrected chi connectivity index (χ0v) is 11.6. The first kappa shape index (κ1) is 13.4. The van der Waals surface area contributed by atoms with Crippen molar-refractivity contribution in [3.63, 3.8) is 0 Å². The molecule has 1 aromatic rings. The number of nitrogens with zero attached hydrogens (tertiary/aromatic N) is 1. The summed E-state index contributed by atoms with van der Waals surface area (Å²) in [6, 6.07) is 9.23. The topological polar surface area (TPSA) is 24.5 Å². The molecule has 0 saturated carbocycles. The molecule has 3 heteroatoms. The van der Waals surface area contributed by atoms with Crippen LogP contribution in [0.2, 0.25) is 0 Å². The number of hydrogen-bond acceptors (Lipinski definition) is 3. The Morgan fingerprint density at radius 1 is 1.28 bits per heavy atom. The molecule has 100 valence electrons. The second-order valence-electron chi connectivity index (χ2n) is 5.23. The standard InChI is InChI=1S/C15H24N2O/c1-16-15(13-5-4-10-18-11-13)12-6-8-14(9-7-12)17(2)3/h6-9,13,15-16H,4-5,10-11H2,1-3H3. The molecule has 2 unspecified atom stereocenters. The molecule has 0 spiro atoms. The summed E-state index contributed by atoms with van der Waals surface area (Å²) in [7, 11) is 6.18. The fourth-order valence-corrected chi connectivity index (χ4v) is 2.68. The van der Waals surface area contributed by atoms with E-state index in [4.69, 9.17) is 4.74 Å². The predicted octanol–water partition coefficient (Wildman–Crippen LogP) is 2.44. The van der Waals surface area contributed by atoms with E-state index in [-0.39, 0.29) is 0 Å². The van der Waals surface area contributed by atoms with Crippen molar-refractivity contribution >= 4 is 5.69 Å². The van der Waals surface area contributed by atoms with Gasteiger partial charge in [-0.2, -0.15) is 0 Å². The Kier molecular flexibility index (Phi) is 4.61. The second kappa shape index (κ2) is 6.21. The average molecular weight is 248 g/mol. The van der Waals surface area contributed by atoms with E-state index >= 15 is 0 Å². The molecular weight excluding hydrogens is 224 g/mol. The van der Waals surface area contributed by atoms with E-state index in [1.54, 1.807) is 0 Å². The van der Waals surface area contributed by atoms with Crippen molar-refractivity contribution in [2.45, 2.75) is 18.9 Å². The SMILES string of the molecule is CNC(c1ccc(N(C)C)cc1)C1CCCOC1. The molecule has 1 heterocycles. The third kappa shape index (κ3) is 3.03. The first-order valence-electron chi connectivity index (χ1n) is 6.74. The molecule has 0 bridgehead atoms. The molecule has 2 rings (SSSR count). The second-order valence-corrected chi connectivity index (χ2v) is 5.23. The molecule has 1 aliphatic rings. The maximum Gasteiger partial charge on any atom is 0.0512 e. The van der Waals surface area contributed by atoms with Crippen LogP contribution in [0.5, 0.6) is 0 Å². The van der Waals surface area contributed by atoms with Crippen LogP contribution in [0.25, 0.3) is 0 Å². The minimum Gasteiger partial charge on any atom is -0.381 e. The van der Waals surface area contributed by atoms with Gasteiger partial charge in [0, 0.05) is 38.3 Å². The van der Waals surface area contributed by atoms with Crippen molar-refractivity contribution < 1.29 is 4.74 Å². The van der Waals surface area contributed by atoms with Crippen molar-refractivity contribution in [2.24, 2.45) is 5.92 Å². The Hall–Kier alpha value is -1.06. The molecule has 1 saturated heterocycles. The average Bonchev–Trinajstić information content (AvgIpc) is 2.41. The normalized spacial score (nSPS) is 21.6. The lowest BCUT2D eigenvalue weighted by Gasteiger charge is -2.30. The number of rotatable bonds is 4. The summed E-state index contributed by atoms with van der Waals surface area (Å²) in [6.07, 6.45) is 2.43. The highest BCUT2D eigenvalue weighted by atomic mass is 16.5. The smallest absolute Gasteiger partial charge is 0.0512 e. The minimum absolute atomic E-state index is 0.404. The summed E-state index contributed by atoms with van der Waals surface area (Å²) in [5, 5.41) is 3.44. The third-order valence-corrected chi connectivity index (χ3v) is 3.75. The van der Waals surface area contributed by atoms with Gasteiger partial charge in [-0.05, 0) is 37.6 Å². The first-order valence-corrected chi connectivity index (χ1v) is 6.74. The van der Waals surface area contributed by atoms with Crippen LogP contribution in [-0.4, -0.2) is 34.4 Å². The summed E-state index contributed by atoms with van der Waals surface area (Å²) in [5.74, 6) is 0.592. The van der Waals surface area contributed by atoms with Crippen molar-refractivity contribution in [1.82, 2.24) is 5.32 Å². The van der Waals surface area contributed by atoms with Crippen LogP contribution in [0.3, 0.4) is 0 Å². The summed E-state index contributed by atoms with van der Waals surface area (Å²) in [5.41, 5.74) is 2.60. The molecule has 0 aromatic heterocycles. The molecule has 18 heavy (non-hydrogen) atoms. The first-order chi connectivity index (χ1) is 8.72. The van der Waals surface area contributed by atoms with Crippen LogP contribution in [0, 0.1) is 5.92 Å². The Morgan fingerprint density at radius 2 is 2.00 bits per heavy atom. The molecule has 1 N–H and O–H groups in total. The summed E-state index contributed by atoms with van der Waals surface area (Å²) in [6.45, 7) is 1.80. The van der Waals surface area contributed by atoms with Gasteiger partial charge < -0.3 is 15.0 Å².